The lowest BCUT2D eigenvalue weighted by Crippen LogP contribution is -2.35. The van der Waals surface area contributed by atoms with Crippen molar-refractivity contribution >= 4 is 6.29 Å². The Balaban J connectivity index is 1.92. The van der Waals surface area contributed by atoms with Crippen molar-refractivity contribution in [1.82, 2.24) is 0 Å². The Hall–Kier alpha value is -1.89. The second-order valence-electron chi connectivity index (χ2n) is 5.07. The maximum atomic E-state index is 11.3. The van der Waals surface area contributed by atoms with Crippen molar-refractivity contribution in [3.63, 3.8) is 0 Å². The zero-order valence-corrected chi connectivity index (χ0v) is 10.3. The van der Waals surface area contributed by atoms with Crippen LogP contribution in [0.3, 0.4) is 0 Å². The average molecular weight is 236 g/mol. The summed E-state index contributed by atoms with van der Waals surface area (Å²) in [7, 11) is 0. The molecule has 18 heavy (non-hydrogen) atoms. The quantitative estimate of drug-likeness (QED) is 0.737. The molecule has 0 radical (unpaired) electrons. The van der Waals surface area contributed by atoms with Crippen molar-refractivity contribution in [2.24, 2.45) is 0 Å². The van der Waals surface area contributed by atoms with E-state index in [1.807, 2.05) is 18.2 Å². The average Bonchev–Trinajstić information content (AvgIpc) is 2.40. The third kappa shape index (κ3) is 1.76. The van der Waals surface area contributed by atoms with Crippen LogP contribution in [0.15, 0.2) is 54.6 Å². The van der Waals surface area contributed by atoms with Crippen LogP contribution in [-0.2, 0) is 10.2 Å². The molecule has 0 unspecified atom stereocenters. The number of hydrogen-bond donors (Lipinski definition) is 0. The van der Waals surface area contributed by atoms with Gasteiger partial charge in [-0.05, 0) is 29.5 Å². The molecule has 1 aliphatic rings. The Morgan fingerprint density at radius 1 is 0.833 bits per heavy atom. The zero-order chi connectivity index (χ0) is 12.4. The Kier molecular flexibility index (Phi) is 2.75. The maximum Gasteiger partial charge on any atom is 0.130 e. The predicted octanol–water partition coefficient (Wildman–Crippen LogP) is 3.97. The molecule has 0 saturated heterocycles. The van der Waals surface area contributed by atoms with Gasteiger partial charge in [0.25, 0.3) is 0 Å². The molecule has 0 atom stereocenters. The van der Waals surface area contributed by atoms with Gasteiger partial charge in [0.15, 0.2) is 0 Å². The van der Waals surface area contributed by atoms with E-state index in [0.29, 0.717) is 0 Å². The third-order valence-electron chi connectivity index (χ3n) is 4.04. The van der Waals surface area contributed by atoms with Gasteiger partial charge in [-0.1, -0.05) is 61.0 Å². The van der Waals surface area contributed by atoms with Crippen molar-refractivity contribution < 1.29 is 4.79 Å². The van der Waals surface area contributed by atoms with Crippen LogP contribution in [0.25, 0.3) is 11.1 Å². The standard InChI is InChI=1S/C17H16O/c18-13-17(11-4-12-17)16-9-7-15(8-10-16)14-5-2-1-3-6-14/h1-3,5-10,13H,4,11-12H2. The zero-order valence-electron chi connectivity index (χ0n) is 10.3. The fraction of sp³-hybridized carbons (Fsp3) is 0.235. The largest absolute Gasteiger partial charge is 0.302 e. The predicted molar refractivity (Wildman–Crippen MR) is 73.5 cm³/mol. The van der Waals surface area contributed by atoms with Crippen LogP contribution in [0.5, 0.6) is 0 Å². The maximum absolute atomic E-state index is 11.3. The Bertz CT molecular complexity index is 536. The van der Waals surface area contributed by atoms with E-state index in [2.05, 4.69) is 36.4 Å². The lowest BCUT2D eigenvalue weighted by atomic mass is 9.65. The van der Waals surface area contributed by atoms with Gasteiger partial charge in [0, 0.05) is 0 Å². The highest BCUT2D eigenvalue weighted by Gasteiger charge is 2.38. The summed E-state index contributed by atoms with van der Waals surface area (Å²) >= 11 is 0. The molecule has 1 aliphatic carbocycles. The van der Waals surface area contributed by atoms with Crippen LogP contribution in [0.2, 0.25) is 0 Å². The summed E-state index contributed by atoms with van der Waals surface area (Å²) in [6.07, 6.45) is 4.30. The highest BCUT2D eigenvalue weighted by molar-refractivity contribution is 5.72. The van der Waals surface area contributed by atoms with E-state index >= 15 is 0 Å². The summed E-state index contributed by atoms with van der Waals surface area (Å²) in [5.41, 5.74) is 3.41. The molecule has 1 fully saturated rings. The SMILES string of the molecule is O=CC1(c2ccc(-c3ccccc3)cc2)CCC1. The van der Waals surface area contributed by atoms with Crippen LogP contribution >= 0.6 is 0 Å². The molecule has 0 spiro atoms. The monoisotopic (exact) mass is 236 g/mol. The highest BCUT2D eigenvalue weighted by Crippen LogP contribution is 2.42. The summed E-state index contributed by atoms with van der Waals surface area (Å²) in [5.74, 6) is 0. The highest BCUT2D eigenvalue weighted by atomic mass is 16.1. The molecule has 90 valence electrons. The molecular weight excluding hydrogens is 220 g/mol. The van der Waals surface area contributed by atoms with Gasteiger partial charge >= 0.3 is 0 Å². The smallest absolute Gasteiger partial charge is 0.130 e. The van der Waals surface area contributed by atoms with Gasteiger partial charge in [0.1, 0.15) is 6.29 Å². The molecule has 0 bridgehead atoms. The molecule has 2 aromatic rings. The van der Waals surface area contributed by atoms with Crippen LogP contribution in [-0.4, -0.2) is 6.29 Å². The molecule has 0 amide bonds. The molecule has 3 rings (SSSR count). The summed E-state index contributed by atoms with van der Waals surface area (Å²) < 4.78 is 0. The number of carbonyl (C=O) groups excluding carboxylic acids is 1. The van der Waals surface area contributed by atoms with Gasteiger partial charge in [-0.25, -0.2) is 0 Å². The van der Waals surface area contributed by atoms with E-state index in [0.717, 1.165) is 19.1 Å². The van der Waals surface area contributed by atoms with E-state index in [4.69, 9.17) is 0 Å². The minimum atomic E-state index is -0.185. The fourth-order valence-electron chi connectivity index (χ4n) is 2.66. The molecular formula is C17H16O. The lowest BCUT2D eigenvalue weighted by Gasteiger charge is -2.37. The molecule has 1 nitrogen and oxygen atoms in total. The van der Waals surface area contributed by atoms with Gasteiger partial charge in [-0.15, -0.1) is 0 Å². The van der Waals surface area contributed by atoms with Crippen molar-refractivity contribution in [3.8, 4) is 11.1 Å². The first kappa shape index (κ1) is 11.2. The summed E-state index contributed by atoms with van der Waals surface area (Å²) in [6, 6.07) is 18.8. The van der Waals surface area contributed by atoms with Crippen LogP contribution in [0.1, 0.15) is 24.8 Å². The fourth-order valence-corrected chi connectivity index (χ4v) is 2.66. The van der Waals surface area contributed by atoms with E-state index < -0.39 is 0 Å². The number of benzene rings is 2. The second kappa shape index (κ2) is 4.41. The minimum absolute atomic E-state index is 0.185. The van der Waals surface area contributed by atoms with Crippen LogP contribution < -0.4 is 0 Å². The second-order valence-corrected chi connectivity index (χ2v) is 5.07. The molecule has 0 aliphatic heterocycles. The first-order valence-electron chi connectivity index (χ1n) is 6.46. The van der Waals surface area contributed by atoms with Gasteiger partial charge in [0.05, 0.1) is 5.41 Å². The van der Waals surface area contributed by atoms with Crippen molar-refractivity contribution in [1.29, 1.82) is 0 Å². The number of carbonyl (C=O) groups is 1. The lowest BCUT2D eigenvalue weighted by molar-refractivity contribution is -0.115. The van der Waals surface area contributed by atoms with Crippen molar-refractivity contribution in [2.45, 2.75) is 24.7 Å². The summed E-state index contributed by atoms with van der Waals surface area (Å²) in [6.45, 7) is 0. The summed E-state index contributed by atoms with van der Waals surface area (Å²) in [4.78, 5) is 11.3. The van der Waals surface area contributed by atoms with Crippen LogP contribution in [0, 0.1) is 0 Å². The molecule has 2 aromatic carbocycles. The Morgan fingerprint density at radius 3 is 1.94 bits per heavy atom. The third-order valence-corrected chi connectivity index (χ3v) is 4.04. The first-order chi connectivity index (χ1) is 8.84. The normalized spacial score (nSPS) is 16.9. The Labute approximate surface area is 107 Å². The first-order valence-corrected chi connectivity index (χ1v) is 6.46. The Morgan fingerprint density at radius 2 is 1.44 bits per heavy atom. The van der Waals surface area contributed by atoms with Gasteiger partial charge in [-0.2, -0.15) is 0 Å². The van der Waals surface area contributed by atoms with Crippen LogP contribution in [0.4, 0.5) is 0 Å². The number of aldehydes is 1. The van der Waals surface area contributed by atoms with Gasteiger partial charge in [0.2, 0.25) is 0 Å². The molecule has 1 saturated carbocycles. The molecule has 0 aromatic heterocycles. The molecule has 1 heteroatoms. The molecule has 0 heterocycles. The van der Waals surface area contributed by atoms with Crippen molar-refractivity contribution in [3.05, 3.63) is 60.2 Å². The minimum Gasteiger partial charge on any atom is -0.302 e. The van der Waals surface area contributed by atoms with Crippen molar-refractivity contribution in [2.75, 3.05) is 0 Å². The topological polar surface area (TPSA) is 17.1 Å². The van der Waals surface area contributed by atoms with E-state index in [9.17, 15) is 4.79 Å². The number of hydrogen-bond acceptors (Lipinski definition) is 1. The van der Waals surface area contributed by atoms with E-state index in [1.165, 1.54) is 23.1 Å². The number of rotatable bonds is 3. The molecule has 0 N–H and O–H groups in total. The van der Waals surface area contributed by atoms with Gasteiger partial charge in [-0.3, -0.25) is 0 Å². The van der Waals surface area contributed by atoms with Gasteiger partial charge < -0.3 is 4.79 Å². The van der Waals surface area contributed by atoms with E-state index in [-0.39, 0.29) is 5.41 Å². The summed E-state index contributed by atoms with van der Waals surface area (Å²) in [5, 5.41) is 0. The van der Waals surface area contributed by atoms with E-state index in [1.54, 1.807) is 0 Å².